The summed E-state index contributed by atoms with van der Waals surface area (Å²) < 4.78 is 10.4. The van der Waals surface area contributed by atoms with Gasteiger partial charge in [0.15, 0.2) is 0 Å². The highest BCUT2D eigenvalue weighted by atomic mass is 16.5. The van der Waals surface area contributed by atoms with E-state index < -0.39 is 0 Å². The first-order valence-corrected chi connectivity index (χ1v) is 9.75. The lowest BCUT2D eigenvalue weighted by Crippen LogP contribution is -2.41. The summed E-state index contributed by atoms with van der Waals surface area (Å²) in [7, 11) is 0. The molecule has 0 atom stereocenters. The van der Waals surface area contributed by atoms with Gasteiger partial charge in [-0.1, -0.05) is 12.1 Å². The number of morpholine rings is 1. The molecule has 154 valence electrons. The van der Waals surface area contributed by atoms with Crippen LogP contribution in [0.4, 0.5) is 11.4 Å². The lowest BCUT2D eigenvalue weighted by molar-refractivity contribution is 0.0383. The Balaban J connectivity index is 1.55. The van der Waals surface area contributed by atoms with E-state index in [0.29, 0.717) is 35.8 Å². The number of carbonyl (C=O) groups excluding carboxylic acids is 2. The Morgan fingerprint density at radius 1 is 1.17 bits per heavy atom. The Bertz CT molecular complexity index is 820. The Labute approximate surface area is 170 Å². The summed E-state index contributed by atoms with van der Waals surface area (Å²) in [6.45, 7) is 6.69. The number of hydrogen-bond donors (Lipinski definition) is 2. The third-order valence-electron chi connectivity index (χ3n) is 4.51. The van der Waals surface area contributed by atoms with Crippen molar-refractivity contribution in [3.05, 3.63) is 53.9 Å². The predicted octanol–water partition coefficient (Wildman–Crippen LogP) is 2.06. The van der Waals surface area contributed by atoms with Crippen LogP contribution < -0.4 is 10.6 Å². The zero-order chi connectivity index (χ0) is 20.5. The molecule has 0 aliphatic carbocycles. The number of aromatic nitrogens is 1. The normalized spacial score (nSPS) is 14.2. The fourth-order valence-electron chi connectivity index (χ4n) is 2.98. The van der Waals surface area contributed by atoms with E-state index in [1.54, 1.807) is 43.5 Å². The van der Waals surface area contributed by atoms with Crippen LogP contribution in [0.3, 0.4) is 0 Å². The van der Waals surface area contributed by atoms with Crippen LogP contribution in [-0.2, 0) is 9.47 Å². The largest absolute Gasteiger partial charge is 0.462 e. The monoisotopic (exact) mass is 398 g/mol. The minimum atomic E-state index is -0.389. The van der Waals surface area contributed by atoms with Crippen LogP contribution in [0.1, 0.15) is 27.8 Å². The van der Waals surface area contributed by atoms with Crippen molar-refractivity contribution in [3.8, 4) is 0 Å². The average Bonchev–Trinajstić information content (AvgIpc) is 2.75. The number of nitrogens with zero attached hydrogens (tertiary/aromatic N) is 2. The van der Waals surface area contributed by atoms with Gasteiger partial charge in [-0.25, -0.2) is 9.78 Å². The van der Waals surface area contributed by atoms with Crippen LogP contribution in [0.2, 0.25) is 0 Å². The van der Waals surface area contributed by atoms with Gasteiger partial charge in [0, 0.05) is 26.2 Å². The van der Waals surface area contributed by atoms with E-state index >= 15 is 0 Å². The molecule has 2 N–H and O–H groups in total. The zero-order valence-electron chi connectivity index (χ0n) is 16.5. The third-order valence-corrected chi connectivity index (χ3v) is 4.51. The summed E-state index contributed by atoms with van der Waals surface area (Å²) in [5, 5.41) is 6.04. The van der Waals surface area contributed by atoms with Gasteiger partial charge in [0.2, 0.25) is 0 Å². The molecule has 1 aliphatic rings. The van der Waals surface area contributed by atoms with Crippen molar-refractivity contribution < 1.29 is 19.1 Å². The second-order valence-electron chi connectivity index (χ2n) is 6.53. The lowest BCUT2D eigenvalue weighted by Gasteiger charge is -2.26. The second-order valence-corrected chi connectivity index (χ2v) is 6.53. The fourth-order valence-corrected chi connectivity index (χ4v) is 2.98. The highest BCUT2D eigenvalue weighted by molar-refractivity contribution is 5.96. The molecular formula is C21H26N4O4. The van der Waals surface area contributed by atoms with Crippen molar-refractivity contribution in [1.29, 1.82) is 0 Å². The number of benzene rings is 1. The van der Waals surface area contributed by atoms with Crippen molar-refractivity contribution >= 4 is 23.3 Å². The maximum absolute atomic E-state index is 12.3. The van der Waals surface area contributed by atoms with Crippen molar-refractivity contribution in [1.82, 2.24) is 15.2 Å². The number of carbonyl (C=O) groups is 2. The van der Waals surface area contributed by atoms with Gasteiger partial charge in [-0.2, -0.15) is 0 Å². The molecule has 1 aromatic heterocycles. The summed E-state index contributed by atoms with van der Waals surface area (Å²) in [6.07, 6.45) is 1.57. The quantitative estimate of drug-likeness (QED) is 0.658. The van der Waals surface area contributed by atoms with Crippen molar-refractivity contribution in [2.75, 3.05) is 51.3 Å². The first-order chi connectivity index (χ1) is 14.2. The maximum atomic E-state index is 12.3. The third kappa shape index (κ3) is 6.00. The zero-order valence-corrected chi connectivity index (χ0v) is 16.5. The minimum absolute atomic E-state index is 0.211. The van der Waals surface area contributed by atoms with Gasteiger partial charge in [-0.15, -0.1) is 0 Å². The van der Waals surface area contributed by atoms with Gasteiger partial charge in [-0.05, 0) is 31.2 Å². The topological polar surface area (TPSA) is 92.8 Å². The number of amides is 1. The molecule has 0 unspecified atom stereocenters. The summed E-state index contributed by atoms with van der Waals surface area (Å²) in [5.74, 6) is -0.600. The maximum Gasteiger partial charge on any atom is 0.340 e. The number of pyridine rings is 1. The molecule has 1 saturated heterocycles. The van der Waals surface area contributed by atoms with Crippen LogP contribution in [-0.4, -0.2) is 67.8 Å². The van der Waals surface area contributed by atoms with Crippen molar-refractivity contribution in [3.63, 3.8) is 0 Å². The summed E-state index contributed by atoms with van der Waals surface area (Å²) >= 11 is 0. The first-order valence-electron chi connectivity index (χ1n) is 9.75. The molecular weight excluding hydrogens is 372 g/mol. The predicted molar refractivity (Wildman–Crippen MR) is 110 cm³/mol. The van der Waals surface area contributed by atoms with Crippen LogP contribution in [0.15, 0.2) is 42.6 Å². The molecule has 3 rings (SSSR count). The van der Waals surface area contributed by atoms with Gasteiger partial charge in [0.25, 0.3) is 5.91 Å². The van der Waals surface area contributed by atoms with Gasteiger partial charge >= 0.3 is 5.97 Å². The molecule has 1 fully saturated rings. The average molecular weight is 398 g/mol. The molecule has 0 radical (unpaired) electrons. The minimum Gasteiger partial charge on any atom is -0.462 e. The van der Waals surface area contributed by atoms with E-state index in [4.69, 9.17) is 9.47 Å². The first kappa shape index (κ1) is 20.8. The van der Waals surface area contributed by atoms with Crippen LogP contribution >= 0.6 is 0 Å². The fraction of sp³-hybridized carbons (Fsp3) is 0.381. The Morgan fingerprint density at radius 3 is 2.69 bits per heavy atom. The SMILES string of the molecule is CCOC(=O)c1ccccc1Nc1ccc(C(=O)NCCN2CCOCC2)nc1. The lowest BCUT2D eigenvalue weighted by atomic mass is 10.1. The summed E-state index contributed by atoms with van der Waals surface area (Å²) in [4.78, 5) is 30.8. The number of ether oxygens (including phenoxy) is 2. The van der Waals surface area contributed by atoms with Gasteiger partial charge < -0.3 is 20.1 Å². The standard InChI is InChI=1S/C21H26N4O4/c1-2-29-21(27)17-5-3-4-6-18(17)24-16-7-8-19(23-15-16)20(26)22-9-10-25-11-13-28-14-12-25/h3-8,15,24H,2,9-14H2,1H3,(H,22,26). The van der Waals surface area contributed by atoms with E-state index in [-0.39, 0.29) is 11.9 Å². The number of rotatable bonds is 8. The molecule has 29 heavy (non-hydrogen) atoms. The molecule has 1 aliphatic heterocycles. The smallest absolute Gasteiger partial charge is 0.340 e. The molecule has 8 nitrogen and oxygen atoms in total. The number of nitrogens with one attached hydrogen (secondary N) is 2. The van der Waals surface area contributed by atoms with Gasteiger partial charge in [-0.3, -0.25) is 9.69 Å². The molecule has 2 aromatic rings. The number of para-hydroxylation sites is 1. The number of esters is 1. The Kier molecular flexibility index (Phi) is 7.54. The summed E-state index contributed by atoms with van der Waals surface area (Å²) in [6, 6.07) is 10.5. The van der Waals surface area contributed by atoms with E-state index in [1.165, 1.54) is 0 Å². The molecule has 0 saturated carbocycles. The Hall–Kier alpha value is -2.97. The second kappa shape index (κ2) is 10.5. The molecule has 0 spiro atoms. The molecule has 0 bridgehead atoms. The van der Waals surface area contributed by atoms with Crippen molar-refractivity contribution in [2.45, 2.75) is 6.92 Å². The molecule has 2 heterocycles. The van der Waals surface area contributed by atoms with E-state index in [1.807, 2.05) is 6.07 Å². The molecule has 8 heteroatoms. The number of anilines is 2. The van der Waals surface area contributed by atoms with Gasteiger partial charge in [0.05, 0.1) is 43.0 Å². The van der Waals surface area contributed by atoms with E-state index in [0.717, 1.165) is 32.8 Å². The highest BCUT2D eigenvalue weighted by Crippen LogP contribution is 2.21. The molecule has 1 aromatic carbocycles. The van der Waals surface area contributed by atoms with E-state index in [9.17, 15) is 9.59 Å². The van der Waals surface area contributed by atoms with Crippen LogP contribution in [0.5, 0.6) is 0 Å². The highest BCUT2D eigenvalue weighted by Gasteiger charge is 2.13. The Morgan fingerprint density at radius 2 is 1.97 bits per heavy atom. The van der Waals surface area contributed by atoms with Crippen molar-refractivity contribution in [2.24, 2.45) is 0 Å². The van der Waals surface area contributed by atoms with E-state index in [2.05, 4.69) is 20.5 Å². The molecule has 1 amide bonds. The van der Waals surface area contributed by atoms with Gasteiger partial charge in [0.1, 0.15) is 5.69 Å². The van der Waals surface area contributed by atoms with Crippen LogP contribution in [0, 0.1) is 0 Å². The number of hydrogen-bond acceptors (Lipinski definition) is 7. The summed E-state index contributed by atoms with van der Waals surface area (Å²) in [5.41, 5.74) is 2.08. The van der Waals surface area contributed by atoms with Crippen LogP contribution in [0.25, 0.3) is 0 Å².